The highest BCUT2D eigenvalue weighted by molar-refractivity contribution is 5.20. The lowest BCUT2D eigenvalue weighted by Gasteiger charge is -2.19. The fourth-order valence-electron chi connectivity index (χ4n) is 1.89. The maximum absolute atomic E-state index is 2.38. The number of rotatable bonds is 1. The van der Waals surface area contributed by atoms with Crippen LogP contribution in [-0.4, -0.2) is 0 Å². The summed E-state index contributed by atoms with van der Waals surface area (Å²) in [6, 6.07) is 0. The van der Waals surface area contributed by atoms with Crippen molar-refractivity contribution in [2.24, 2.45) is 11.8 Å². The molecule has 2 rings (SSSR count). The van der Waals surface area contributed by atoms with Gasteiger partial charge in [0.05, 0.1) is 0 Å². The van der Waals surface area contributed by atoms with Crippen molar-refractivity contribution in [3.8, 4) is 0 Å². The van der Waals surface area contributed by atoms with Gasteiger partial charge in [-0.3, -0.25) is 0 Å². The Kier molecular flexibility index (Phi) is 1.93. The predicted octanol–water partition coefficient (Wildman–Crippen LogP) is 3.08. The Bertz CT molecular complexity index is 196. The van der Waals surface area contributed by atoms with Gasteiger partial charge in [0.1, 0.15) is 0 Å². The van der Waals surface area contributed by atoms with Gasteiger partial charge in [0, 0.05) is 5.92 Å². The normalized spacial score (nSPS) is 30.0. The SMILES string of the molecule is C1=CC(C2C=CCCC2)C=C1. The van der Waals surface area contributed by atoms with Crippen LogP contribution in [0.25, 0.3) is 0 Å². The molecule has 1 unspecified atom stereocenters. The minimum Gasteiger partial charge on any atom is -0.0882 e. The molecule has 0 N–H and O–H groups in total. The maximum Gasteiger partial charge on any atom is 0.00156 e. The summed E-state index contributed by atoms with van der Waals surface area (Å²) in [7, 11) is 0. The molecule has 0 aromatic carbocycles. The first-order chi connectivity index (χ1) is 5.47. The Balaban J connectivity index is 2.03. The molecule has 0 aromatic heterocycles. The molecule has 11 heavy (non-hydrogen) atoms. The smallest absolute Gasteiger partial charge is 0.00156 e. The number of allylic oxidation sites excluding steroid dienone is 6. The Morgan fingerprint density at radius 2 is 1.82 bits per heavy atom. The van der Waals surface area contributed by atoms with E-state index in [0.29, 0.717) is 5.92 Å². The Labute approximate surface area is 68.3 Å². The van der Waals surface area contributed by atoms with E-state index in [0.717, 1.165) is 5.92 Å². The summed E-state index contributed by atoms with van der Waals surface area (Å²) in [6.07, 6.45) is 17.7. The van der Waals surface area contributed by atoms with Crippen molar-refractivity contribution in [3.63, 3.8) is 0 Å². The van der Waals surface area contributed by atoms with Crippen molar-refractivity contribution >= 4 is 0 Å². The van der Waals surface area contributed by atoms with Gasteiger partial charge in [-0.15, -0.1) is 0 Å². The maximum atomic E-state index is 2.38. The largest absolute Gasteiger partial charge is 0.0882 e. The fourth-order valence-corrected chi connectivity index (χ4v) is 1.89. The van der Waals surface area contributed by atoms with E-state index in [-0.39, 0.29) is 0 Å². The molecule has 2 aliphatic rings. The van der Waals surface area contributed by atoms with E-state index >= 15 is 0 Å². The first kappa shape index (κ1) is 6.90. The van der Waals surface area contributed by atoms with E-state index in [2.05, 4.69) is 36.5 Å². The van der Waals surface area contributed by atoms with Crippen molar-refractivity contribution in [2.75, 3.05) is 0 Å². The van der Waals surface area contributed by atoms with Gasteiger partial charge in [-0.05, 0) is 25.2 Å². The molecule has 0 bridgehead atoms. The lowest BCUT2D eigenvalue weighted by Crippen LogP contribution is -2.08. The van der Waals surface area contributed by atoms with Gasteiger partial charge in [0.2, 0.25) is 0 Å². The Morgan fingerprint density at radius 1 is 1.00 bits per heavy atom. The van der Waals surface area contributed by atoms with Crippen LogP contribution >= 0.6 is 0 Å². The van der Waals surface area contributed by atoms with Crippen LogP contribution in [0.5, 0.6) is 0 Å². The van der Waals surface area contributed by atoms with Gasteiger partial charge in [0.25, 0.3) is 0 Å². The van der Waals surface area contributed by atoms with E-state index in [1.165, 1.54) is 19.3 Å². The summed E-state index contributed by atoms with van der Waals surface area (Å²) in [4.78, 5) is 0. The van der Waals surface area contributed by atoms with E-state index in [9.17, 15) is 0 Å². The first-order valence-electron chi connectivity index (χ1n) is 4.48. The average molecular weight is 146 g/mol. The minimum atomic E-state index is 0.701. The molecule has 0 aliphatic heterocycles. The zero-order valence-electron chi connectivity index (χ0n) is 6.74. The summed E-state index contributed by atoms with van der Waals surface area (Å²) in [5, 5.41) is 0. The van der Waals surface area contributed by atoms with Gasteiger partial charge < -0.3 is 0 Å². The molecule has 0 nitrogen and oxygen atoms in total. The van der Waals surface area contributed by atoms with E-state index in [4.69, 9.17) is 0 Å². The van der Waals surface area contributed by atoms with Crippen LogP contribution in [0.15, 0.2) is 36.5 Å². The van der Waals surface area contributed by atoms with Crippen LogP contribution < -0.4 is 0 Å². The van der Waals surface area contributed by atoms with E-state index < -0.39 is 0 Å². The predicted molar refractivity (Wildman–Crippen MR) is 48.3 cm³/mol. The summed E-state index contributed by atoms with van der Waals surface area (Å²) in [5.41, 5.74) is 0. The standard InChI is InChI=1S/C11H14/c1-2-6-10(7-3-1)11-8-4-5-9-11/h2,4-6,8-11H,1,3,7H2. The molecule has 0 amide bonds. The lowest BCUT2D eigenvalue weighted by molar-refractivity contribution is 0.481. The van der Waals surface area contributed by atoms with E-state index in [1.807, 2.05) is 0 Å². The summed E-state index contributed by atoms with van der Waals surface area (Å²) in [6.45, 7) is 0. The van der Waals surface area contributed by atoms with Crippen molar-refractivity contribution < 1.29 is 0 Å². The van der Waals surface area contributed by atoms with Crippen LogP contribution in [0.3, 0.4) is 0 Å². The zero-order chi connectivity index (χ0) is 7.52. The second kappa shape index (κ2) is 3.08. The van der Waals surface area contributed by atoms with Gasteiger partial charge in [0.15, 0.2) is 0 Å². The molecule has 58 valence electrons. The molecule has 0 heterocycles. The molecule has 1 atom stereocenters. The second-order valence-corrected chi connectivity index (χ2v) is 3.37. The average Bonchev–Trinajstić information content (AvgIpc) is 2.58. The minimum absolute atomic E-state index is 0.701. The monoisotopic (exact) mass is 146 g/mol. The fraction of sp³-hybridized carbons (Fsp3) is 0.455. The zero-order valence-corrected chi connectivity index (χ0v) is 6.74. The summed E-state index contributed by atoms with van der Waals surface area (Å²) < 4.78 is 0. The number of hydrogen-bond acceptors (Lipinski definition) is 0. The highest BCUT2D eigenvalue weighted by Crippen LogP contribution is 2.28. The van der Waals surface area contributed by atoms with Crippen LogP contribution in [0.4, 0.5) is 0 Å². The Morgan fingerprint density at radius 3 is 2.45 bits per heavy atom. The van der Waals surface area contributed by atoms with Gasteiger partial charge in [-0.1, -0.05) is 36.5 Å². The number of hydrogen-bond donors (Lipinski definition) is 0. The van der Waals surface area contributed by atoms with Gasteiger partial charge in [-0.25, -0.2) is 0 Å². The van der Waals surface area contributed by atoms with Crippen LogP contribution in [0.2, 0.25) is 0 Å². The third-order valence-corrected chi connectivity index (χ3v) is 2.56. The second-order valence-electron chi connectivity index (χ2n) is 3.37. The van der Waals surface area contributed by atoms with Crippen molar-refractivity contribution in [3.05, 3.63) is 36.5 Å². The molecular weight excluding hydrogens is 132 g/mol. The van der Waals surface area contributed by atoms with Crippen molar-refractivity contribution in [1.29, 1.82) is 0 Å². The molecule has 2 aliphatic carbocycles. The highest BCUT2D eigenvalue weighted by Gasteiger charge is 2.16. The highest BCUT2D eigenvalue weighted by atomic mass is 14.2. The molecule has 0 saturated heterocycles. The summed E-state index contributed by atoms with van der Waals surface area (Å²) in [5.74, 6) is 1.49. The van der Waals surface area contributed by atoms with Crippen molar-refractivity contribution in [2.45, 2.75) is 19.3 Å². The van der Waals surface area contributed by atoms with Gasteiger partial charge in [-0.2, -0.15) is 0 Å². The van der Waals surface area contributed by atoms with Crippen LogP contribution in [0.1, 0.15) is 19.3 Å². The molecule has 0 spiro atoms. The topological polar surface area (TPSA) is 0 Å². The van der Waals surface area contributed by atoms with Gasteiger partial charge >= 0.3 is 0 Å². The molecule has 0 saturated carbocycles. The molecular formula is C11H14. The van der Waals surface area contributed by atoms with E-state index in [1.54, 1.807) is 0 Å². The summed E-state index contributed by atoms with van der Waals surface area (Å²) >= 11 is 0. The Hall–Kier alpha value is -0.780. The molecule has 0 fully saturated rings. The first-order valence-corrected chi connectivity index (χ1v) is 4.48. The lowest BCUT2D eigenvalue weighted by atomic mass is 9.85. The molecule has 0 heteroatoms. The third-order valence-electron chi connectivity index (χ3n) is 2.56. The molecule has 0 aromatic rings. The van der Waals surface area contributed by atoms with Crippen LogP contribution in [-0.2, 0) is 0 Å². The third kappa shape index (κ3) is 1.45. The molecule has 0 radical (unpaired) electrons. The van der Waals surface area contributed by atoms with Crippen molar-refractivity contribution in [1.82, 2.24) is 0 Å². The van der Waals surface area contributed by atoms with Crippen LogP contribution in [0, 0.1) is 11.8 Å². The quantitative estimate of drug-likeness (QED) is 0.499.